The zero-order chi connectivity index (χ0) is 12.8. The summed E-state index contributed by atoms with van der Waals surface area (Å²) in [5.74, 6) is -0.814. The number of benzene rings is 1. The summed E-state index contributed by atoms with van der Waals surface area (Å²) in [6, 6.07) is 5.60. The van der Waals surface area contributed by atoms with Crippen LogP contribution in [0.1, 0.15) is 36.8 Å². The number of carbonyl (C=O) groups excluding carboxylic acids is 1. The number of hydrogen-bond acceptors (Lipinski definition) is 2. The van der Waals surface area contributed by atoms with Crippen molar-refractivity contribution in [2.24, 2.45) is 0 Å². The zero-order valence-electron chi connectivity index (χ0n) is 10.0. The lowest BCUT2D eigenvalue weighted by Crippen LogP contribution is -2.33. The molecule has 94 valence electrons. The van der Waals surface area contributed by atoms with Crippen LogP contribution in [0.25, 0.3) is 0 Å². The lowest BCUT2D eigenvalue weighted by Gasteiger charge is -2.26. The highest BCUT2D eigenvalue weighted by Crippen LogP contribution is 2.46. The molecule has 0 spiro atoms. The van der Waals surface area contributed by atoms with E-state index in [-0.39, 0.29) is 5.91 Å². The molecule has 1 saturated carbocycles. The topological polar surface area (TPSA) is 66.4 Å². The standard InChI is InChI=1S/C14H15NO3/c16-11-8-9-4-3-5-10(12(9)15-11)14(13(17)18)6-1-2-7-14/h3-5H,1-2,6-8H2,(H,15,16)(H,17,18). The van der Waals surface area contributed by atoms with Crippen molar-refractivity contribution in [3.8, 4) is 0 Å². The van der Waals surface area contributed by atoms with Crippen molar-refractivity contribution in [3.63, 3.8) is 0 Å². The Bertz CT molecular complexity index is 530. The molecule has 0 aromatic heterocycles. The maximum Gasteiger partial charge on any atom is 0.314 e. The first-order valence-electron chi connectivity index (χ1n) is 6.29. The van der Waals surface area contributed by atoms with Crippen molar-refractivity contribution in [3.05, 3.63) is 29.3 Å². The molecule has 1 fully saturated rings. The second-order valence-corrected chi connectivity index (χ2v) is 5.16. The molecular formula is C14H15NO3. The molecule has 2 N–H and O–H groups in total. The van der Waals surface area contributed by atoms with Crippen LogP contribution in [0.3, 0.4) is 0 Å². The van der Waals surface area contributed by atoms with Gasteiger partial charge in [0.05, 0.1) is 11.8 Å². The van der Waals surface area contributed by atoms with Gasteiger partial charge in [0.1, 0.15) is 0 Å². The highest BCUT2D eigenvalue weighted by Gasteiger charge is 2.45. The molecule has 4 nitrogen and oxygen atoms in total. The van der Waals surface area contributed by atoms with E-state index in [1.807, 2.05) is 18.2 Å². The van der Waals surface area contributed by atoms with Gasteiger partial charge in [0, 0.05) is 5.69 Å². The largest absolute Gasteiger partial charge is 0.481 e. The smallest absolute Gasteiger partial charge is 0.314 e. The van der Waals surface area contributed by atoms with Crippen molar-refractivity contribution in [1.82, 2.24) is 0 Å². The van der Waals surface area contributed by atoms with E-state index < -0.39 is 11.4 Å². The normalized spacial score (nSPS) is 20.6. The van der Waals surface area contributed by atoms with Gasteiger partial charge in [-0.05, 0) is 24.0 Å². The fourth-order valence-electron chi connectivity index (χ4n) is 3.23. The Kier molecular flexibility index (Phi) is 2.40. The van der Waals surface area contributed by atoms with E-state index in [1.54, 1.807) is 0 Å². The maximum absolute atomic E-state index is 11.7. The number of anilines is 1. The van der Waals surface area contributed by atoms with Crippen LogP contribution in [0.2, 0.25) is 0 Å². The van der Waals surface area contributed by atoms with Gasteiger partial charge in [-0.3, -0.25) is 9.59 Å². The summed E-state index contributed by atoms with van der Waals surface area (Å²) in [7, 11) is 0. The summed E-state index contributed by atoms with van der Waals surface area (Å²) < 4.78 is 0. The summed E-state index contributed by atoms with van der Waals surface area (Å²) in [5.41, 5.74) is 1.65. The first kappa shape index (κ1) is 11.3. The summed E-state index contributed by atoms with van der Waals surface area (Å²) >= 11 is 0. The molecule has 1 amide bonds. The molecule has 1 aromatic carbocycles. The van der Waals surface area contributed by atoms with Gasteiger partial charge in [-0.25, -0.2) is 0 Å². The molecule has 1 aromatic rings. The third-order valence-electron chi connectivity index (χ3n) is 4.15. The van der Waals surface area contributed by atoms with Crippen molar-refractivity contribution in [2.75, 3.05) is 5.32 Å². The Hall–Kier alpha value is -1.84. The van der Waals surface area contributed by atoms with Crippen LogP contribution in [-0.2, 0) is 21.4 Å². The summed E-state index contributed by atoms with van der Waals surface area (Å²) in [5, 5.41) is 12.4. The first-order chi connectivity index (χ1) is 8.63. The third-order valence-corrected chi connectivity index (χ3v) is 4.15. The summed E-state index contributed by atoms with van der Waals surface area (Å²) in [6.45, 7) is 0. The molecule has 0 unspecified atom stereocenters. The number of amides is 1. The molecular weight excluding hydrogens is 230 g/mol. The van der Waals surface area contributed by atoms with Crippen LogP contribution < -0.4 is 5.32 Å². The van der Waals surface area contributed by atoms with Gasteiger partial charge in [-0.15, -0.1) is 0 Å². The second-order valence-electron chi connectivity index (χ2n) is 5.16. The van der Waals surface area contributed by atoms with Crippen LogP contribution >= 0.6 is 0 Å². The fraction of sp³-hybridized carbons (Fsp3) is 0.429. The molecule has 0 bridgehead atoms. The molecule has 4 heteroatoms. The summed E-state index contributed by atoms with van der Waals surface area (Å²) in [4.78, 5) is 23.2. The molecule has 2 aliphatic rings. The predicted octanol–water partition coefficient (Wildman–Crippen LogP) is 2.08. The maximum atomic E-state index is 11.7. The Morgan fingerprint density at radius 3 is 2.67 bits per heavy atom. The molecule has 1 aliphatic heterocycles. The number of carboxylic acid groups (broad SMARTS) is 1. The van der Waals surface area contributed by atoms with Crippen LogP contribution in [0.5, 0.6) is 0 Å². The highest BCUT2D eigenvalue weighted by atomic mass is 16.4. The SMILES string of the molecule is O=C1Cc2cccc(C3(C(=O)O)CCCC3)c2N1. The molecule has 1 aliphatic carbocycles. The Morgan fingerprint density at radius 1 is 1.28 bits per heavy atom. The fourth-order valence-corrected chi connectivity index (χ4v) is 3.23. The van der Waals surface area contributed by atoms with Crippen molar-refractivity contribution >= 4 is 17.6 Å². The number of fused-ring (bicyclic) bond motifs is 1. The Labute approximate surface area is 105 Å². The molecule has 1 heterocycles. The predicted molar refractivity (Wildman–Crippen MR) is 66.6 cm³/mol. The second kappa shape index (κ2) is 3.83. The van der Waals surface area contributed by atoms with Crippen molar-refractivity contribution < 1.29 is 14.7 Å². The molecule has 18 heavy (non-hydrogen) atoms. The van der Waals surface area contributed by atoms with E-state index in [0.29, 0.717) is 19.3 Å². The van der Waals surface area contributed by atoms with Crippen LogP contribution in [0, 0.1) is 0 Å². The van der Waals surface area contributed by atoms with E-state index in [0.717, 1.165) is 29.7 Å². The number of carbonyl (C=O) groups is 2. The summed E-state index contributed by atoms with van der Waals surface area (Å²) in [6.07, 6.45) is 3.55. The number of hydrogen-bond donors (Lipinski definition) is 2. The van der Waals surface area contributed by atoms with Gasteiger partial charge >= 0.3 is 5.97 Å². The molecule has 0 radical (unpaired) electrons. The number of rotatable bonds is 2. The lowest BCUT2D eigenvalue weighted by atomic mass is 9.77. The van der Waals surface area contributed by atoms with Crippen molar-refractivity contribution in [1.29, 1.82) is 0 Å². The Morgan fingerprint density at radius 2 is 2.00 bits per heavy atom. The average molecular weight is 245 g/mol. The average Bonchev–Trinajstić information content (AvgIpc) is 2.93. The van der Waals surface area contributed by atoms with E-state index in [9.17, 15) is 14.7 Å². The highest BCUT2D eigenvalue weighted by molar-refractivity contribution is 6.01. The van der Waals surface area contributed by atoms with Gasteiger partial charge in [0.2, 0.25) is 5.91 Å². The molecule has 3 rings (SSSR count). The van der Waals surface area contributed by atoms with Crippen LogP contribution in [0.15, 0.2) is 18.2 Å². The monoisotopic (exact) mass is 245 g/mol. The lowest BCUT2D eigenvalue weighted by molar-refractivity contribution is -0.143. The van der Waals surface area contributed by atoms with Gasteiger partial charge in [-0.2, -0.15) is 0 Å². The minimum atomic E-state index is -0.803. The van der Waals surface area contributed by atoms with Crippen molar-refractivity contribution in [2.45, 2.75) is 37.5 Å². The quantitative estimate of drug-likeness (QED) is 0.838. The Balaban J connectivity index is 2.15. The van der Waals surface area contributed by atoms with E-state index >= 15 is 0 Å². The van der Waals surface area contributed by atoms with E-state index in [2.05, 4.69) is 5.32 Å². The van der Waals surface area contributed by atoms with Crippen LogP contribution in [-0.4, -0.2) is 17.0 Å². The molecule has 0 atom stereocenters. The van der Waals surface area contributed by atoms with Gasteiger partial charge in [0.15, 0.2) is 0 Å². The number of carboxylic acids is 1. The molecule has 0 saturated heterocycles. The van der Waals surface area contributed by atoms with E-state index in [4.69, 9.17) is 0 Å². The van der Waals surface area contributed by atoms with Crippen LogP contribution in [0.4, 0.5) is 5.69 Å². The minimum Gasteiger partial charge on any atom is -0.481 e. The third kappa shape index (κ3) is 1.45. The number of para-hydroxylation sites is 1. The van der Waals surface area contributed by atoms with Gasteiger partial charge in [-0.1, -0.05) is 31.0 Å². The number of aliphatic carboxylic acids is 1. The zero-order valence-corrected chi connectivity index (χ0v) is 10.0. The first-order valence-corrected chi connectivity index (χ1v) is 6.29. The van der Waals surface area contributed by atoms with Gasteiger partial charge < -0.3 is 10.4 Å². The minimum absolute atomic E-state index is 0.0454. The van der Waals surface area contributed by atoms with E-state index in [1.165, 1.54) is 0 Å². The van der Waals surface area contributed by atoms with Gasteiger partial charge in [0.25, 0.3) is 0 Å². The number of nitrogens with one attached hydrogen (secondary N) is 1.